The SMILES string of the molecule is Cc1ccc2[nH]c(CC(C)C)nc2c1. The molecule has 2 aromatic rings. The Bertz CT molecular complexity index is 441. The highest BCUT2D eigenvalue weighted by Crippen LogP contribution is 2.14. The molecule has 0 saturated heterocycles. The highest BCUT2D eigenvalue weighted by molar-refractivity contribution is 5.75. The molecule has 0 atom stereocenters. The summed E-state index contributed by atoms with van der Waals surface area (Å²) < 4.78 is 0. The van der Waals surface area contributed by atoms with E-state index in [1.54, 1.807) is 0 Å². The number of fused-ring (bicyclic) bond motifs is 1. The van der Waals surface area contributed by atoms with Crippen molar-refractivity contribution in [1.29, 1.82) is 0 Å². The Morgan fingerprint density at radius 2 is 2.14 bits per heavy atom. The molecule has 1 N–H and O–H groups in total. The highest BCUT2D eigenvalue weighted by atomic mass is 14.9. The third-order valence-corrected chi connectivity index (χ3v) is 2.29. The standard InChI is InChI=1S/C12H16N2/c1-8(2)6-12-13-10-5-4-9(3)7-11(10)14-12/h4-5,7-8H,6H2,1-3H3,(H,13,14). The molecule has 2 heteroatoms. The van der Waals surface area contributed by atoms with Crippen molar-refractivity contribution in [2.24, 2.45) is 5.92 Å². The van der Waals surface area contributed by atoms with Gasteiger partial charge in [-0.1, -0.05) is 19.9 Å². The Morgan fingerprint density at radius 3 is 2.86 bits per heavy atom. The van der Waals surface area contributed by atoms with Crippen molar-refractivity contribution in [2.45, 2.75) is 27.2 Å². The van der Waals surface area contributed by atoms with Crippen molar-refractivity contribution in [3.8, 4) is 0 Å². The fraction of sp³-hybridized carbons (Fsp3) is 0.417. The van der Waals surface area contributed by atoms with E-state index < -0.39 is 0 Å². The van der Waals surface area contributed by atoms with E-state index in [2.05, 4.69) is 48.9 Å². The molecule has 0 amide bonds. The van der Waals surface area contributed by atoms with Gasteiger partial charge in [-0.25, -0.2) is 4.98 Å². The maximum Gasteiger partial charge on any atom is 0.107 e. The fourth-order valence-corrected chi connectivity index (χ4v) is 1.65. The van der Waals surface area contributed by atoms with Gasteiger partial charge in [-0.05, 0) is 30.5 Å². The molecule has 0 aliphatic heterocycles. The molecule has 1 aromatic carbocycles. The van der Waals surface area contributed by atoms with Crippen molar-refractivity contribution in [1.82, 2.24) is 9.97 Å². The Kier molecular flexibility index (Phi) is 2.28. The molecule has 0 radical (unpaired) electrons. The number of aryl methyl sites for hydroxylation is 1. The maximum absolute atomic E-state index is 4.56. The normalized spacial score (nSPS) is 11.4. The number of aromatic amines is 1. The summed E-state index contributed by atoms with van der Waals surface area (Å²) in [5.74, 6) is 1.75. The van der Waals surface area contributed by atoms with Crippen molar-refractivity contribution in [3.05, 3.63) is 29.6 Å². The number of imidazole rings is 1. The predicted octanol–water partition coefficient (Wildman–Crippen LogP) is 3.07. The summed E-state index contributed by atoms with van der Waals surface area (Å²) in [5.41, 5.74) is 3.49. The first-order valence-electron chi connectivity index (χ1n) is 5.10. The number of nitrogens with one attached hydrogen (secondary N) is 1. The van der Waals surface area contributed by atoms with Crippen LogP contribution >= 0.6 is 0 Å². The summed E-state index contributed by atoms with van der Waals surface area (Å²) in [4.78, 5) is 7.90. The lowest BCUT2D eigenvalue weighted by molar-refractivity contribution is 0.627. The third kappa shape index (κ3) is 1.79. The number of nitrogens with zero attached hydrogens (tertiary/aromatic N) is 1. The van der Waals surface area contributed by atoms with Gasteiger partial charge in [0, 0.05) is 6.42 Å². The monoisotopic (exact) mass is 188 g/mol. The quantitative estimate of drug-likeness (QED) is 0.770. The Labute approximate surface area is 84.4 Å². The lowest BCUT2D eigenvalue weighted by Crippen LogP contribution is -1.95. The average molecular weight is 188 g/mol. The lowest BCUT2D eigenvalue weighted by atomic mass is 10.1. The molecule has 0 spiro atoms. The molecule has 0 saturated carbocycles. The van der Waals surface area contributed by atoms with Crippen LogP contribution in [0, 0.1) is 12.8 Å². The summed E-state index contributed by atoms with van der Waals surface area (Å²) in [6.45, 7) is 6.51. The zero-order chi connectivity index (χ0) is 10.1. The molecule has 0 aliphatic carbocycles. The molecule has 2 rings (SSSR count). The van der Waals surface area contributed by atoms with Crippen molar-refractivity contribution in [2.75, 3.05) is 0 Å². The molecule has 0 aliphatic rings. The van der Waals surface area contributed by atoms with Crippen LogP contribution in [0.15, 0.2) is 18.2 Å². The Balaban J connectivity index is 2.41. The van der Waals surface area contributed by atoms with Gasteiger partial charge >= 0.3 is 0 Å². The smallest absolute Gasteiger partial charge is 0.107 e. The first-order chi connectivity index (χ1) is 6.65. The number of rotatable bonds is 2. The summed E-state index contributed by atoms with van der Waals surface area (Å²) >= 11 is 0. The van der Waals surface area contributed by atoms with E-state index in [-0.39, 0.29) is 0 Å². The summed E-state index contributed by atoms with van der Waals surface area (Å²) in [6, 6.07) is 6.33. The Morgan fingerprint density at radius 1 is 1.36 bits per heavy atom. The molecular formula is C12H16N2. The van der Waals surface area contributed by atoms with Crippen LogP contribution in [0.5, 0.6) is 0 Å². The molecular weight excluding hydrogens is 172 g/mol. The summed E-state index contributed by atoms with van der Waals surface area (Å²) in [7, 11) is 0. The first kappa shape index (κ1) is 9.25. The second kappa shape index (κ2) is 3.45. The van der Waals surface area contributed by atoms with E-state index in [0.717, 1.165) is 23.3 Å². The molecule has 1 aromatic heterocycles. The molecule has 14 heavy (non-hydrogen) atoms. The molecule has 2 nitrogen and oxygen atoms in total. The highest BCUT2D eigenvalue weighted by Gasteiger charge is 2.04. The zero-order valence-electron chi connectivity index (χ0n) is 8.96. The predicted molar refractivity (Wildman–Crippen MR) is 59.4 cm³/mol. The van der Waals surface area contributed by atoms with E-state index in [9.17, 15) is 0 Å². The number of H-pyrrole nitrogens is 1. The van der Waals surface area contributed by atoms with Crippen LogP contribution in [-0.4, -0.2) is 9.97 Å². The number of aromatic nitrogens is 2. The Hall–Kier alpha value is -1.31. The van der Waals surface area contributed by atoms with E-state index >= 15 is 0 Å². The van der Waals surface area contributed by atoms with Gasteiger partial charge in [0.2, 0.25) is 0 Å². The molecule has 0 unspecified atom stereocenters. The first-order valence-corrected chi connectivity index (χ1v) is 5.10. The average Bonchev–Trinajstić information content (AvgIpc) is 2.44. The van der Waals surface area contributed by atoms with Gasteiger partial charge in [-0.15, -0.1) is 0 Å². The van der Waals surface area contributed by atoms with Crippen LogP contribution < -0.4 is 0 Å². The minimum Gasteiger partial charge on any atom is -0.342 e. The fourth-order valence-electron chi connectivity index (χ4n) is 1.65. The van der Waals surface area contributed by atoms with E-state index in [1.165, 1.54) is 5.56 Å². The molecule has 1 heterocycles. The van der Waals surface area contributed by atoms with Gasteiger partial charge < -0.3 is 4.98 Å². The van der Waals surface area contributed by atoms with E-state index in [1.807, 2.05) is 0 Å². The van der Waals surface area contributed by atoms with Crippen LogP contribution in [0.4, 0.5) is 0 Å². The molecule has 0 fully saturated rings. The van der Waals surface area contributed by atoms with Crippen LogP contribution in [0.3, 0.4) is 0 Å². The zero-order valence-corrected chi connectivity index (χ0v) is 8.96. The summed E-state index contributed by atoms with van der Waals surface area (Å²) in [6.07, 6.45) is 1.02. The van der Waals surface area contributed by atoms with Gasteiger partial charge in [-0.2, -0.15) is 0 Å². The largest absolute Gasteiger partial charge is 0.342 e. The second-order valence-electron chi connectivity index (χ2n) is 4.30. The minimum absolute atomic E-state index is 0.650. The molecule has 74 valence electrons. The van der Waals surface area contributed by atoms with Crippen LogP contribution in [-0.2, 0) is 6.42 Å². The summed E-state index contributed by atoms with van der Waals surface area (Å²) in [5, 5.41) is 0. The third-order valence-electron chi connectivity index (χ3n) is 2.29. The van der Waals surface area contributed by atoms with Crippen LogP contribution in [0.1, 0.15) is 25.2 Å². The van der Waals surface area contributed by atoms with E-state index in [0.29, 0.717) is 5.92 Å². The van der Waals surface area contributed by atoms with Crippen LogP contribution in [0.2, 0.25) is 0 Å². The topological polar surface area (TPSA) is 28.7 Å². The van der Waals surface area contributed by atoms with Crippen molar-refractivity contribution >= 4 is 11.0 Å². The van der Waals surface area contributed by atoms with Crippen molar-refractivity contribution < 1.29 is 0 Å². The van der Waals surface area contributed by atoms with Gasteiger partial charge in [-0.3, -0.25) is 0 Å². The van der Waals surface area contributed by atoms with Crippen molar-refractivity contribution in [3.63, 3.8) is 0 Å². The minimum atomic E-state index is 0.650. The number of hydrogen-bond acceptors (Lipinski definition) is 1. The van der Waals surface area contributed by atoms with Gasteiger partial charge in [0.05, 0.1) is 11.0 Å². The van der Waals surface area contributed by atoms with Gasteiger partial charge in [0.1, 0.15) is 5.82 Å². The number of hydrogen-bond donors (Lipinski definition) is 1. The van der Waals surface area contributed by atoms with Gasteiger partial charge in [0.25, 0.3) is 0 Å². The lowest BCUT2D eigenvalue weighted by Gasteiger charge is -1.98. The second-order valence-corrected chi connectivity index (χ2v) is 4.30. The maximum atomic E-state index is 4.56. The molecule has 0 bridgehead atoms. The van der Waals surface area contributed by atoms with E-state index in [4.69, 9.17) is 0 Å². The number of benzene rings is 1. The van der Waals surface area contributed by atoms with Gasteiger partial charge in [0.15, 0.2) is 0 Å². The van der Waals surface area contributed by atoms with Crippen LogP contribution in [0.25, 0.3) is 11.0 Å².